The molecule has 0 unspecified atom stereocenters. The number of hydrogen-bond donors (Lipinski definition) is 0. The largest absolute Gasteiger partial charge is 0.334 e. The van der Waals surface area contributed by atoms with E-state index in [1.165, 1.54) is 70.6 Å². The molecule has 2 nitrogen and oxygen atoms in total. The number of carbonyl (C=O) groups excluding carboxylic acids is 1. The van der Waals surface area contributed by atoms with Gasteiger partial charge in [-0.25, -0.2) is 0 Å². The van der Waals surface area contributed by atoms with Crippen LogP contribution in [0.5, 0.6) is 0 Å². The van der Waals surface area contributed by atoms with Crippen molar-refractivity contribution < 1.29 is 4.79 Å². The highest BCUT2D eigenvalue weighted by atomic mass is 16.1. The fraction of sp³-hybridized carbons (Fsp3) is 0.938. The highest BCUT2D eigenvalue weighted by molar-refractivity contribution is 5.48. The minimum atomic E-state index is 0.748. The van der Waals surface area contributed by atoms with Gasteiger partial charge in [0.05, 0.1) is 0 Å². The Bertz CT molecular complexity index is 227. The summed E-state index contributed by atoms with van der Waals surface area (Å²) in [7, 11) is 0. The van der Waals surface area contributed by atoms with Gasteiger partial charge in [0.1, 0.15) is 0 Å². The highest BCUT2D eigenvalue weighted by Gasteiger charge is 2.20. The summed E-state index contributed by atoms with van der Waals surface area (Å²) in [5.74, 6) is 1.50. The molecule has 0 heterocycles. The van der Waals surface area contributed by atoms with Crippen LogP contribution in [0, 0.1) is 11.8 Å². The Balaban J connectivity index is 1.74. The van der Waals surface area contributed by atoms with Crippen LogP contribution in [0.1, 0.15) is 70.6 Å². The molecular formula is C16H28NO. The molecule has 1 radical (unpaired) electrons. The Kier molecular flexibility index (Phi) is 6.02. The van der Waals surface area contributed by atoms with Crippen LogP contribution in [0.4, 0.5) is 0 Å². The van der Waals surface area contributed by atoms with Gasteiger partial charge in [-0.1, -0.05) is 44.9 Å². The van der Waals surface area contributed by atoms with E-state index in [0.717, 1.165) is 24.9 Å². The molecule has 2 fully saturated rings. The molecule has 2 aliphatic carbocycles. The quantitative estimate of drug-likeness (QED) is 0.535. The molecule has 0 bridgehead atoms. The Morgan fingerprint density at radius 1 is 0.722 bits per heavy atom. The predicted molar refractivity (Wildman–Crippen MR) is 75.0 cm³/mol. The second-order valence-corrected chi connectivity index (χ2v) is 6.36. The molecule has 0 aromatic rings. The van der Waals surface area contributed by atoms with Crippen LogP contribution in [-0.4, -0.2) is 24.4 Å². The zero-order chi connectivity index (χ0) is 12.6. The van der Waals surface area contributed by atoms with E-state index in [0.29, 0.717) is 0 Å². The minimum Gasteiger partial charge on any atom is -0.334 e. The molecule has 0 aliphatic heterocycles. The van der Waals surface area contributed by atoms with Gasteiger partial charge in [0.15, 0.2) is 0 Å². The molecule has 0 aromatic carbocycles. The smallest absolute Gasteiger partial charge is 0.312 e. The Morgan fingerprint density at radius 2 is 1.11 bits per heavy atom. The zero-order valence-corrected chi connectivity index (χ0v) is 11.7. The molecule has 2 saturated carbocycles. The summed E-state index contributed by atoms with van der Waals surface area (Å²) in [6.07, 6.45) is 17.1. The molecule has 0 spiro atoms. The Hall–Kier alpha value is -0.530. The molecule has 2 rings (SSSR count). The average Bonchev–Trinajstić information content (AvgIpc) is 2.68. The lowest BCUT2D eigenvalue weighted by molar-refractivity contribution is 0.233. The van der Waals surface area contributed by atoms with Crippen LogP contribution in [0.25, 0.3) is 0 Å². The monoisotopic (exact) mass is 250 g/mol. The third-order valence-corrected chi connectivity index (χ3v) is 4.79. The van der Waals surface area contributed by atoms with E-state index in [1.54, 1.807) is 0 Å². The third-order valence-electron chi connectivity index (χ3n) is 4.79. The summed E-state index contributed by atoms with van der Waals surface area (Å²) in [4.78, 5) is 13.1. The average molecular weight is 250 g/mol. The van der Waals surface area contributed by atoms with Crippen molar-refractivity contribution in [2.45, 2.75) is 70.6 Å². The topological polar surface area (TPSA) is 20.3 Å². The van der Waals surface area contributed by atoms with E-state index in [-0.39, 0.29) is 0 Å². The van der Waals surface area contributed by atoms with Crippen LogP contribution in [0.2, 0.25) is 0 Å². The molecule has 0 atom stereocenters. The fourth-order valence-corrected chi connectivity index (χ4v) is 3.69. The normalized spacial score (nSPS) is 23.6. The summed E-state index contributed by atoms with van der Waals surface area (Å²) in [6.45, 7) is 1.94. The summed E-state index contributed by atoms with van der Waals surface area (Å²) in [5, 5.41) is 0. The van der Waals surface area contributed by atoms with Crippen molar-refractivity contribution >= 4 is 6.41 Å². The van der Waals surface area contributed by atoms with Crippen LogP contribution >= 0.6 is 0 Å². The number of amides is 1. The van der Waals surface area contributed by atoms with E-state index in [4.69, 9.17) is 0 Å². The van der Waals surface area contributed by atoms with Crippen molar-refractivity contribution in [1.29, 1.82) is 0 Å². The molecule has 103 valence electrons. The summed E-state index contributed by atoms with van der Waals surface area (Å²) in [6, 6.07) is 0. The van der Waals surface area contributed by atoms with Gasteiger partial charge >= 0.3 is 6.41 Å². The van der Waals surface area contributed by atoms with Gasteiger partial charge in [-0.2, -0.15) is 0 Å². The maximum atomic E-state index is 11.1. The van der Waals surface area contributed by atoms with E-state index in [2.05, 4.69) is 6.41 Å². The number of hydrogen-bond acceptors (Lipinski definition) is 1. The molecule has 0 N–H and O–H groups in total. The third kappa shape index (κ3) is 4.62. The van der Waals surface area contributed by atoms with Crippen molar-refractivity contribution in [3.8, 4) is 0 Å². The van der Waals surface area contributed by atoms with Crippen LogP contribution in [0.15, 0.2) is 0 Å². The van der Waals surface area contributed by atoms with Crippen LogP contribution < -0.4 is 0 Å². The van der Waals surface area contributed by atoms with Crippen molar-refractivity contribution in [2.75, 3.05) is 13.1 Å². The summed E-state index contributed by atoms with van der Waals surface area (Å²) < 4.78 is 0. The molecular weight excluding hydrogens is 222 g/mol. The maximum absolute atomic E-state index is 11.1. The van der Waals surface area contributed by atoms with Gasteiger partial charge < -0.3 is 4.90 Å². The van der Waals surface area contributed by atoms with Gasteiger partial charge in [0.25, 0.3) is 0 Å². The molecule has 2 aliphatic rings. The molecule has 0 saturated heterocycles. The van der Waals surface area contributed by atoms with Crippen LogP contribution in [-0.2, 0) is 4.79 Å². The molecule has 18 heavy (non-hydrogen) atoms. The SMILES string of the molecule is O=[C]N(CC1CCCCCC1)CC1CCCCC1. The maximum Gasteiger partial charge on any atom is 0.312 e. The fourth-order valence-electron chi connectivity index (χ4n) is 3.69. The van der Waals surface area contributed by atoms with Crippen LogP contribution in [0.3, 0.4) is 0 Å². The van der Waals surface area contributed by atoms with E-state index >= 15 is 0 Å². The first-order valence-electron chi connectivity index (χ1n) is 8.01. The van der Waals surface area contributed by atoms with Gasteiger partial charge in [-0.15, -0.1) is 0 Å². The first kappa shape index (κ1) is 13.9. The number of rotatable bonds is 5. The van der Waals surface area contributed by atoms with E-state index < -0.39 is 0 Å². The summed E-state index contributed by atoms with van der Waals surface area (Å²) >= 11 is 0. The second-order valence-electron chi connectivity index (χ2n) is 6.36. The highest BCUT2D eigenvalue weighted by Crippen LogP contribution is 2.26. The van der Waals surface area contributed by atoms with Crippen molar-refractivity contribution in [2.24, 2.45) is 11.8 Å². The number of nitrogens with zero attached hydrogens (tertiary/aromatic N) is 1. The lowest BCUT2D eigenvalue weighted by atomic mass is 9.88. The van der Waals surface area contributed by atoms with Crippen molar-refractivity contribution in [1.82, 2.24) is 4.90 Å². The Morgan fingerprint density at radius 3 is 1.50 bits per heavy atom. The molecule has 2 heteroatoms. The van der Waals surface area contributed by atoms with Crippen molar-refractivity contribution in [3.05, 3.63) is 0 Å². The lowest BCUT2D eigenvalue weighted by Gasteiger charge is -2.29. The predicted octanol–water partition coefficient (Wildman–Crippen LogP) is 3.91. The van der Waals surface area contributed by atoms with E-state index in [9.17, 15) is 4.79 Å². The minimum absolute atomic E-state index is 0.748. The standard InChI is InChI=1S/C16H28NO/c18-14-17(13-16-10-6-3-7-11-16)12-15-8-4-1-2-5-9-15/h15-16H,1-13H2. The van der Waals surface area contributed by atoms with E-state index in [1.807, 2.05) is 4.90 Å². The Labute approximate surface area is 112 Å². The first-order valence-corrected chi connectivity index (χ1v) is 8.01. The summed E-state index contributed by atoms with van der Waals surface area (Å²) in [5.41, 5.74) is 0. The molecule has 1 amide bonds. The lowest BCUT2D eigenvalue weighted by Crippen LogP contribution is -2.33. The van der Waals surface area contributed by atoms with Gasteiger partial charge in [-0.3, -0.25) is 4.79 Å². The van der Waals surface area contributed by atoms with Gasteiger partial charge in [-0.05, 0) is 37.5 Å². The first-order chi connectivity index (χ1) is 8.88. The van der Waals surface area contributed by atoms with Gasteiger partial charge in [0, 0.05) is 13.1 Å². The second kappa shape index (κ2) is 7.81. The van der Waals surface area contributed by atoms with Crippen molar-refractivity contribution in [3.63, 3.8) is 0 Å². The zero-order valence-electron chi connectivity index (χ0n) is 11.7. The van der Waals surface area contributed by atoms with Gasteiger partial charge in [0.2, 0.25) is 0 Å². The molecule has 0 aromatic heterocycles.